The molecule has 0 N–H and O–H groups in total. The monoisotopic (exact) mass is 182 g/mol. The maximum absolute atomic E-state index is 10.3. The van der Waals surface area contributed by atoms with Gasteiger partial charge in [-0.3, -0.25) is 4.79 Å². The van der Waals surface area contributed by atoms with Crippen LogP contribution in [0.2, 0.25) is 0 Å². The Hall–Kier alpha value is -1.23. The van der Waals surface area contributed by atoms with Crippen molar-refractivity contribution in [2.24, 2.45) is 0 Å². The minimum absolute atomic E-state index is 0.0123. The number of hydrogen-bond donors (Lipinski definition) is 0. The van der Waals surface area contributed by atoms with Crippen LogP contribution in [0.3, 0.4) is 0 Å². The summed E-state index contributed by atoms with van der Waals surface area (Å²) in [4.78, 5) is 14.2. The zero-order valence-electron chi connectivity index (χ0n) is 7.32. The van der Waals surface area contributed by atoms with Gasteiger partial charge in [0.2, 0.25) is 12.1 Å². The number of nitrogens with zero attached hydrogens (tertiary/aromatic N) is 2. The van der Waals surface area contributed by atoms with Crippen LogP contribution in [0.15, 0.2) is 4.52 Å². The molecule has 0 radical (unpaired) electrons. The molecule has 0 atom stereocenters. The van der Waals surface area contributed by atoms with Crippen molar-refractivity contribution in [1.82, 2.24) is 10.1 Å². The van der Waals surface area contributed by atoms with Crippen LogP contribution in [0.25, 0.3) is 0 Å². The lowest BCUT2D eigenvalue weighted by Crippen LogP contribution is -2.37. The van der Waals surface area contributed by atoms with Gasteiger partial charge in [0.25, 0.3) is 5.89 Å². The normalized spacial score (nSPS) is 19.5. The third kappa shape index (κ3) is 1.16. The van der Waals surface area contributed by atoms with Crippen LogP contribution in [0, 0.1) is 0 Å². The van der Waals surface area contributed by atoms with Gasteiger partial charge in [0.1, 0.15) is 5.60 Å². The summed E-state index contributed by atoms with van der Waals surface area (Å²) in [6.07, 6.45) is 3.42. The summed E-state index contributed by atoms with van der Waals surface area (Å²) >= 11 is 0. The average molecular weight is 182 g/mol. The number of methoxy groups -OCH3 is 1. The number of carbonyl (C=O) groups excluding carboxylic acids is 1. The van der Waals surface area contributed by atoms with Crippen LogP contribution in [0.4, 0.5) is 0 Å². The summed E-state index contributed by atoms with van der Waals surface area (Å²) in [7, 11) is 1.62. The van der Waals surface area contributed by atoms with E-state index < -0.39 is 5.60 Å². The standard InChI is InChI=1S/C8H10N2O3/c1-12-8(3-2-4-8)7-9-6(5-11)13-10-7/h5H,2-4H2,1H3. The molecule has 1 aliphatic carbocycles. The zero-order valence-corrected chi connectivity index (χ0v) is 7.32. The van der Waals surface area contributed by atoms with Gasteiger partial charge < -0.3 is 9.26 Å². The molecule has 1 aliphatic rings. The van der Waals surface area contributed by atoms with Crippen molar-refractivity contribution in [3.05, 3.63) is 11.7 Å². The Morgan fingerprint density at radius 2 is 2.38 bits per heavy atom. The van der Waals surface area contributed by atoms with Gasteiger partial charge >= 0.3 is 0 Å². The highest BCUT2D eigenvalue weighted by Gasteiger charge is 2.43. The van der Waals surface area contributed by atoms with Gasteiger partial charge in [-0.05, 0) is 19.3 Å². The second kappa shape index (κ2) is 2.92. The van der Waals surface area contributed by atoms with Crippen molar-refractivity contribution in [2.45, 2.75) is 24.9 Å². The van der Waals surface area contributed by atoms with E-state index in [1.165, 1.54) is 0 Å². The van der Waals surface area contributed by atoms with Crippen LogP contribution in [-0.2, 0) is 10.3 Å². The Morgan fingerprint density at radius 3 is 2.77 bits per heavy atom. The van der Waals surface area contributed by atoms with Gasteiger partial charge in [-0.25, -0.2) is 0 Å². The first-order valence-corrected chi connectivity index (χ1v) is 4.15. The fourth-order valence-corrected chi connectivity index (χ4v) is 1.49. The molecule has 13 heavy (non-hydrogen) atoms. The highest BCUT2D eigenvalue weighted by molar-refractivity contribution is 5.67. The lowest BCUT2D eigenvalue weighted by atomic mass is 9.79. The van der Waals surface area contributed by atoms with E-state index in [9.17, 15) is 4.79 Å². The van der Waals surface area contributed by atoms with Crippen LogP contribution in [0.1, 0.15) is 35.8 Å². The van der Waals surface area contributed by atoms with E-state index in [1.807, 2.05) is 0 Å². The molecule has 1 aromatic heterocycles. The molecule has 1 fully saturated rings. The third-order valence-electron chi connectivity index (χ3n) is 2.50. The van der Waals surface area contributed by atoms with E-state index in [1.54, 1.807) is 7.11 Å². The highest BCUT2D eigenvalue weighted by Crippen LogP contribution is 2.42. The molecule has 0 amide bonds. The maximum Gasteiger partial charge on any atom is 0.290 e. The van der Waals surface area contributed by atoms with Gasteiger partial charge in [0, 0.05) is 7.11 Å². The van der Waals surface area contributed by atoms with Crippen molar-refractivity contribution in [1.29, 1.82) is 0 Å². The molecule has 1 heterocycles. The Kier molecular flexibility index (Phi) is 1.88. The number of rotatable bonds is 3. The number of carbonyl (C=O) groups is 1. The van der Waals surface area contributed by atoms with Crippen molar-refractivity contribution in [3.63, 3.8) is 0 Å². The summed E-state index contributed by atoms with van der Waals surface area (Å²) < 4.78 is 10.0. The second-order valence-electron chi connectivity index (χ2n) is 3.13. The number of aromatic nitrogens is 2. The predicted octanol–water partition coefficient (Wildman–Crippen LogP) is 0.908. The summed E-state index contributed by atoms with van der Waals surface area (Å²) in [6, 6.07) is 0. The van der Waals surface area contributed by atoms with Crippen LogP contribution < -0.4 is 0 Å². The zero-order chi connectivity index (χ0) is 9.31. The van der Waals surface area contributed by atoms with Crippen LogP contribution in [-0.4, -0.2) is 23.5 Å². The molecule has 0 spiro atoms. The fourth-order valence-electron chi connectivity index (χ4n) is 1.49. The molecule has 1 aromatic rings. The molecule has 0 saturated heterocycles. The Labute approximate surface area is 75.1 Å². The molecular formula is C8H10N2O3. The van der Waals surface area contributed by atoms with Gasteiger partial charge in [0.05, 0.1) is 0 Å². The number of ether oxygens (including phenoxy) is 1. The molecule has 1 saturated carbocycles. The lowest BCUT2D eigenvalue weighted by molar-refractivity contribution is -0.0858. The van der Waals surface area contributed by atoms with E-state index in [-0.39, 0.29) is 5.89 Å². The molecule has 5 nitrogen and oxygen atoms in total. The van der Waals surface area contributed by atoms with Crippen LogP contribution >= 0.6 is 0 Å². The second-order valence-corrected chi connectivity index (χ2v) is 3.13. The summed E-state index contributed by atoms with van der Waals surface area (Å²) in [6.45, 7) is 0. The van der Waals surface area contributed by atoms with E-state index >= 15 is 0 Å². The summed E-state index contributed by atoms with van der Waals surface area (Å²) in [5.41, 5.74) is -0.398. The molecule has 0 aliphatic heterocycles. The molecule has 0 aromatic carbocycles. The van der Waals surface area contributed by atoms with Gasteiger partial charge in [-0.15, -0.1) is 0 Å². The molecule has 70 valence electrons. The lowest BCUT2D eigenvalue weighted by Gasteiger charge is -2.37. The van der Waals surface area contributed by atoms with Crippen molar-refractivity contribution in [3.8, 4) is 0 Å². The number of aldehydes is 1. The molecule has 2 rings (SSSR count). The van der Waals surface area contributed by atoms with Gasteiger partial charge in [-0.2, -0.15) is 4.98 Å². The Balaban J connectivity index is 2.27. The number of hydrogen-bond acceptors (Lipinski definition) is 5. The third-order valence-corrected chi connectivity index (χ3v) is 2.50. The maximum atomic E-state index is 10.3. The van der Waals surface area contributed by atoms with E-state index in [4.69, 9.17) is 4.74 Å². The Bertz CT molecular complexity index is 311. The van der Waals surface area contributed by atoms with Crippen molar-refractivity contribution < 1.29 is 14.1 Å². The summed E-state index contributed by atoms with van der Waals surface area (Å²) in [5, 5.41) is 3.71. The van der Waals surface area contributed by atoms with Crippen molar-refractivity contribution >= 4 is 6.29 Å². The van der Waals surface area contributed by atoms with E-state index in [0.29, 0.717) is 12.1 Å². The quantitative estimate of drug-likeness (QED) is 0.650. The van der Waals surface area contributed by atoms with Crippen molar-refractivity contribution in [2.75, 3.05) is 7.11 Å². The molecule has 0 unspecified atom stereocenters. The topological polar surface area (TPSA) is 65.2 Å². The molecular weight excluding hydrogens is 172 g/mol. The first-order chi connectivity index (χ1) is 6.30. The predicted molar refractivity (Wildman–Crippen MR) is 42.2 cm³/mol. The SMILES string of the molecule is COC1(c2noc(C=O)n2)CCC1. The fraction of sp³-hybridized carbons (Fsp3) is 0.625. The molecule has 5 heteroatoms. The first kappa shape index (κ1) is 8.37. The molecule has 0 bridgehead atoms. The minimum atomic E-state index is -0.398. The van der Waals surface area contributed by atoms with Crippen LogP contribution in [0.5, 0.6) is 0 Å². The van der Waals surface area contributed by atoms with Gasteiger partial charge in [-0.1, -0.05) is 5.16 Å². The van der Waals surface area contributed by atoms with E-state index in [0.717, 1.165) is 19.3 Å². The smallest absolute Gasteiger partial charge is 0.290 e. The first-order valence-electron chi connectivity index (χ1n) is 4.15. The average Bonchev–Trinajstić information content (AvgIpc) is 2.52. The highest BCUT2D eigenvalue weighted by atomic mass is 16.5. The Morgan fingerprint density at radius 1 is 1.62 bits per heavy atom. The van der Waals surface area contributed by atoms with E-state index in [2.05, 4.69) is 14.7 Å². The minimum Gasteiger partial charge on any atom is -0.370 e. The largest absolute Gasteiger partial charge is 0.370 e. The van der Waals surface area contributed by atoms with Gasteiger partial charge in [0.15, 0.2) is 0 Å². The summed E-state index contributed by atoms with van der Waals surface area (Å²) in [5.74, 6) is 0.502.